The molecule has 7 nitrogen and oxygen atoms in total. The lowest BCUT2D eigenvalue weighted by Crippen LogP contribution is -2.41. The Labute approximate surface area is 210 Å². The number of aromatic nitrogens is 2. The van der Waals surface area contributed by atoms with E-state index >= 15 is 0 Å². The van der Waals surface area contributed by atoms with Crippen molar-refractivity contribution >= 4 is 23.2 Å². The average molecular weight is 480 g/mol. The molecule has 3 aromatic carbocycles. The van der Waals surface area contributed by atoms with Gasteiger partial charge in [-0.05, 0) is 55.3 Å². The molecule has 1 aliphatic rings. The third-order valence-corrected chi connectivity index (χ3v) is 6.46. The van der Waals surface area contributed by atoms with Crippen LogP contribution in [0.5, 0.6) is 0 Å². The molecule has 7 heteroatoms. The molecular weight excluding hydrogens is 450 g/mol. The second-order valence-corrected chi connectivity index (χ2v) is 8.85. The van der Waals surface area contributed by atoms with Crippen LogP contribution in [0.15, 0.2) is 97.2 Å². The molecule has 5 rings (SSSR count). The van der Waals surface area contributed by atoms with Gasteiger partial charge < -0.3 is 15.7 Å². The second kappa shape index (κ2) is 11.1. The Hall–Kier alpha value is -4.07. The summed E-state index contributed by atoms with van der Waals surface area (Å²) in [6, 6.07) is 28.6. The van der Waals surface area contributed by atoms with Crippen LogP contribution in [0.4, 0.5) is 17.3 Å². The number of carbonyl (C=O) groups excluding carboxylic acids is 1. The fraction of sp³-hybridized carbons (Fsp3) is 0.207. The first-order valence-corrected chi connectivity index (χ1v) is 12.2. The summed E-state index contributed by atoms with van der Waals surface area (Å²) in [4.78, 5) is 24.5. The van der Waals surface area contributed by atoms with Gasteiger partial charge in [-0.15, -0.1) is 0 Å². The predicted molar refractivity (Wildman–Crippen MR) is 142 cm³/mol. The summed E-state index contributed by atoms with van der Waals surface area (Å²) in [7, 11) is 0. The van der Waals surface area contributed by atoms with Crippen molar-refractivity contribution in [3.63, 3.8) is 0 Å². The van der Waals surface area contributed by atoms with Gasteiger partial charge in [0.1, 0.15) is 6.04 Å². The van der Waals surface area contributed by atoms with E-state index in [9.17, 15) is 9.90 Å². The number of aliphatic hydroxyl groups excluding tert-OH is 1. The SMILES string of the molecule is O=C(Nc1ccc(-c2ccnc(Nc3ccccc3)n2)cc1)C(c1ccccc1)N1CCCC1CO. The zero-order valence-corrected chi connectivity index (χ0v) is 19.9. The number of amides is 1. The Morgan fingerprint density at radius 2 is 1.67 bits per heavy atom. The summed E-state index contributed by atoms with van der Waals surface area (Å²) < 4.78 is 0. The summed E-state index contributed by atoms with van der Waals surface area (Å²) in [6.45, 7) is 0.829. The maximum Gasteiger partial charge on any atom is 0.246 e. The summed E-state index contributed by atoms with van der Waals surface area (Å²) in [5.41, 5.74) is 4.26. The van der Waals surface area contributed by atoms with Crippen LogP contribution in [0.25, 0.3) is 11.3 Å². The first-order chi connectivity index (χ1) is 17.7. The second-order valence-electron chi connectivity index (χ2n) is 8.85. The number of nitrogens with one attached hydrogen (secondary N) is 2. The highest BCUT2D eigenvalue weighted by molar-refractivity contribution is 5.95. The zero-order chi connectivity index (χ0) is 24.7. The molecule has 0 radical (unpaired) electrons. The van der Waals surface area contributed by atoms with Gasteiger partial charge >= 0.3 is 0 Å². The molecule has 1 aromatic heterocycles. The largest absolute Gasteiger partial charge is 0.395 e. The van der Waals surface area contributed by atoms with Crippen LogP contribution in [0.3, 0.4) is 0 Å². The lowest BCUT2D eigenvalue weighted by molar-refractivity contribution is -0.122. The minimum atomic E-state index is -0.459. The quantitative estimate of drug-likeness (QED) is 0.329. The van der Waals surface area contributed by atoms with Gasteiger partial charge in [-0.3, -0.25) is 9.69 Å². The number of likely N-dealkylation sites (tertiary alicyclic amines) is 1. The van der Waals surface area contributed by atoms with Gasteiger partial charge in [0.25, 0.3) is 0 Å². The van der Waals surface area contributed by atoms with E-state index in [1.807, 2.05) is 91.0 Å². The van der Waals surface area contributed by atoms with Gasteiger partial charge in [0, 0.05) is 29.2 Å². The van der Waals surface area contributed by atoms with Crippen LogP contribution in [0, 0.1) is 0 Å². The molecule has 2 unspecified atom stereocenters. The Morgan fingerprint density at radius 3 is 2.39 bits per heavy atom. The Balaban J connectivity index is 1.32. The lowest BCUT2D eigenvalue weighted by atomic mass is 10.0. The van der Waals surface area contributed by atoms with Gasteiger partial charge in [0.2, 0.25) is 11.9 Å². The van der Waals surface area contributed by atoms with Gasteiger partial charge in [0.15, 0.2) is 0 Å². The van der Waals surface area contributed by atoms with E-state index in [4.69, 9.17) is 0 Å². The van der Waals surface area contributed by atoms with Crippen molar-refractivity contribution in [2.75, 3.05) is 23.8 Å². The molecule has 2 atom stereocenters. The van der Waals surface area contributed by atoms with E-state index in [-0.39, 0.29) is 18.6 Å². The fourth-order valence-electron chi connectivity index (χ4n) is 4.69. The molecule has 3 N–H and O–H groups in total. The minimum Gasteiger partial charge on any atom is -0.395 e. The minimum absolute atomic E-state index is 0.0141. The molecule has 1 amide bonds. The molecule has 0 spiro atoms. The van der Waals surface area contributed by atoms with E-state index in [1.165, 1.54) is 0 Å². The van der Waals surface area contributed by atoms with Crippen LogP contribution < -0.4 is 10.6 Å². The fourth-order valence-corrected chi connectivity index (χ4v) is 4.69. The zero-order valence-electron chi connectivity index (χ0n) is 19.9. The summed E-state index contributed by atoms with van der Waals surface area (Å²) >= 11 is 0. The first-order valence-electron chi connectivity index (χ1n) is 12.2. The monoisotopic (exact) mass is 479 g/mol. The number of rotatable bonds is 8. The number of carbonyl (C=O) groups is 1. The molecule has 0 aliphatic carbocycles. The topological polar surface area (TPSA) is 90.4 Å². The van der Waals surface area contributed by atoms with Crippen molar-refractivity contribution in [3.05, 3.63) is 103 Å². The van der Waals surface area contributed by atoms with Crippen molar-refractivity contribution in [2.24, 2.45) is 0 Å². The average Bonchev–Trinajstić information content (AvgIpc) is 3.39. The number of aliphatic hydroxyl groups is 1. The van der Waals surface area contributed by atoms with Crippen molar-refractivity contribution < 1.29 is 9.90 Å². The highest BCUT2D eigenvalue weighted by Gasteiger charge is 2.35. The van der Waals surface area contributed by atoms with E-state index in [1.54, 1.807) is 6.20 Å². The third-order valence-electron chi connectivity index (χ3n) is 6.46. The number of para-hydroxylation sites is 1. The Morgan fingerprint density at radius 1 is 0.944 bits per heavy atom. The van der Waals surface area contributed by atoms with Gasteiger partial charge in [-0.2, -0.15) is 0 Å². The van der Waals surface area contributed by atoms with Gasteiger partial charge in [-0.1, -0.05) is 60.7 Å². The van der Waals surface area contributed by atoms with Crippen molar-refractivity contribution in [3.8, 4) is 11.3 Å². The van der Waals surface area contributed by atoms with Crippen LogP contribution in [0.1, 0.15) is 24.4 Å². The van der Waals surface area contributed by atoms with Crippen LogP contribution in [-0.4, -0.2) is 45.1 Å². The van der Waals surface area contributed by atoms with Crippen LogP contribution in [-0.2, 0) is 4.79 Å². The molecule has 1 saturated heterocycles. The third kappa shape index (κ3) is 5.43. The van der Waals surface area contributed by atoms with Crippen molar-refractivity contribution in [1.82, 2.24) is 14.9 Å². The molecule has 4 aromatic rings. The van der Waals surface area contributed by atoms with Gasteiger partial charge in [-0.25, -0.2) is 9.97 Å². The number of benzene rings is 3. The number of nitrogens with zero attached hydrogens (tertiary/aromatic N) is 3. The van der Waals surface area contributed by atoms with E-state index in [0.717, 1.165) is 41.9 Å². The molecule has 1 aliphatic heterocycles. The summed E-state index contributed by atoms with van der Waals surface area (Å²) in [5, 5.41) is 16.1. The summed E-state index contributed by atoms with van der Waals surface area (Å²) in [6.07, 6.45) is 3.58. The Kier molecular flexibility index (Phi) is 7.30. The highest BCUT2D eigenvalue weighted by Crippen LogP contribution is 2.31. The van der Waals surface area contributed by atoms with Gasteiger partial charge in [0.05, 0.1) is 12.3 Å². The van der Waals surface area contributed by atoms with E-state index in [0.29, 0.717) is 11.6 Å². The van der Waals surface area contributed by atoms with E-state index < -0.39 is 6.04 Å². The van der Waals surface area contributed by atoms with Crippen LogP contribution in [0.2, 0.25) is 0 Å². The number of hydrogen-bond acceptors (Lipinski definition) is 6. The normalized spacial score (nSPS) is 16.4. The Bertz CT molecular complexity index is 1280. The molecule has 2 heterocycles. The van der Waals surface area contributed by atoms with Crippen LogP contribution >= 0.6 is 0 Å². The van der Waals surface area contributed by atoms with Crippen molar-refractivity contribution in [1.29, 1.82) is 0 Å². The molecular formula is C29H29N5O2. The molecule has 0 saturated carbocycles. The predicted octanol–water partition coefficient (Wildman–Crippen LogP) is 5.02. The molecule has 1 fully saturated rings. The highest BCUT2D eigenvalue weighted by atomic mass is 16.3. The maximum absolute atomic E-state index is 13.5. The van der Waals surface area contributed by atoms with Crippen molar-refractivity contribution in [2.45, 2.75) is 24.9 Å². The maximum atomic E-state index is 13.5. The molecule has 0 bridgehead atoms. The number of anilines is 3. The first kappa shape index (κ1) is 23.7. The summed E-state index contributed by atoms with van der Waals surface area (Å²) in [5.74, 6) is 0.413. The molecule has 36 heavy (non-hydrogen) atoms. The van der Waals surface area contributed by atoms with E-state index in [2.05, 4.69) is 25.5 Å². The molecule has 182 valence electrons. The smallest absolute Gasteiger partial charge is 0.246 e. The number of hydrogen-bond donors (Lipinski definition) is 3. The standard InChI is InChI=1S/C29H29N5O2/c35-20-25-12-7-19-34(25)27(22-8-3-1-4-9-22)28(36)31-24-15-13-21(14-16-24)26-17-18-30-29(33-26)32-23-10-5-2-6-11-23/h1-6,8-11,13-18,25,27,35H,7,12,19-20H2,(H,31,36)(H,30,32,33). The lowest BCUT2D eigenvalue weighted by Gasteiger charge is -2.31.